The molecule has 0 aromatic rings. The van der Waals surface area contributed by atoms with Crippen LogP contribution >= 0.6 is 0 Å². The highest BCUT2D eigenvalue weighted by molar-refractivity contribution is 7.90. The van der Waals surface area contributed by atoms with E-state index in [1.54, 1.807) is 0 Å². The fraction of sp³-hybridized carbons (Fsp3) is 1.00. The van der Waals surface area contributed by atoms with Crippen molar-refractivity contribution in [2.24, 2.45) is 0 Å². The van der Waals surface area contributed by atoms with Crippen molar-refractivity contribution in [1.29, 1.82) is 0 Å². The molecule has 4 nitrogen and oxygen atoms in total. The average molecular weight is 382 g/mol. The highest BCUT2D eigenvalue weighted by Crippen LogP contribution is 2.44. The molecule has 2 heterocycles. The summed E-state index contributed by atoms with van der Waals surface area (Å²) in [6, 6.07) is 0.000909. The molecule has 0 aliphatic carbocycles. The van der Waals surface area contributed by atoms with E-state index in [2.05, 4.69) is 4.90 Å². The summed E-state index contributed by atoms with van der Waals surface area (Å²) < 4.78 is 101. The van der Waals surface area contributed by atoms with Crippen LogP contribution < -0.4 is 0 Å². The van der Waals surface area contributed by atoms with Crippen LogP contribution in [0.4, 0.5) is 26.3 Å². The zero-order valence-electron chi connectivity index (χ0n) is 12.9. The lowest BCUT2D eigenvalue weighted by Gasteiger charge is -2.40. The Morgan fingerprint density at radius 3 is 1.83 bits per heavy atom. The number of rotatable bonds is 5. The van der Waals surface area contributed by atoms with Crippen LogP contribution in [-0.4, -0.2) is 67.4 Å². The molecule has 0 bridgehead atoms. The highest BCUT2D eigenvalue weighted by Gasteiger charge is 2.72. The lowest BCUT2D eigenvalue weighted by molar-refractivity contribution is -0.226. The molecule has 2 aliphatic heterocycles. The predicted octanol–water partition coefficient (Wildman–Crippen LogP) is 2.76. The summed E-state index contributed by atoms with van der Waals surface area (Å²) in [4.78, 5) is 2.14. The second-order valence-electron chi connectivity index (χ2n) is 6.17. The van der Waals surface area contributed by atoms with Crippen LogP contribution in [-0.2, 0) is 10.0 Å². The third-order valence-electron chi connectivity index (χ3n) is 4.66. The fourth-order valence-corrected chi connectivity index (χ4v) is 4.64. The van der Waals surface area contributed by atoms with E-state index >= 15 is 0 Å². The summed E-state index contributed by atoms with van der Waals surface area (Å²) in [5.41, 5.74) is 0. The Balaban J connectivity index is 2.06. The minimum absolute atomic E-state index is 0.000909. The average Bonchev–Trinajstić information content (AvgIpc) is 2.55. The van der Waals surface area contributed by atoms with Crippen LogP contribution in [0, 0.1) is 0 Å². The lowest BCUT2D eigenvalue weighted by atomic mass is 10.0. The first-order chi connectivity index (χ1) is 11.0. The van der Waals surface area contributed by atoms with E-state index in [0.717, 1.165) is 32.4 Å². The van der Waals surface area contributed by atoms with E-state index < -0.39 is 27.6 Å². The molecular weight excluding hydrogens is 362 g/mol. The molecule has 11 heteroatoms. The lowest BCUT2D eigenvalue weighted by Crippen LogP contribution is -2.58. The summed E-state index contributed by atoms with van der Waals surface area (Å²) in [5.74, 6) is -5.93. The third kappa shape index (κ3) is 3.39. The second-order valence-corrected chi connectivity index (χ2v) is 8.15. The van der Waals surface area contributed by atoms with Gasteiger partial charge in [-0.3, -0.25) is 0 Å². The molecule has 2 rings (SSSR count). The van der Waals surface area contributed by atoms with E-state index in [1.165, 1.54) is 0 Å². The summed E-state index contributed by atoms with van der Waals surface area (Å²) in [6.45, 7) is 0.908. The van der Waals surface area contributed by atoms with Gasteiger partial charge in [0, 0.05) is 19.1 Å². The number of nitrogens with zero attached hydrogens (tertiary/aromatic N) is 2. The molecule has 2 aliphatic rings. The molecule has 0 unspecified atom stereocenters. The number of likely N-dealkylation sites (tertiary alicyclic amines) is 1. The van der Waals surface area contributed by atoms with Crippen molar-refractivity contribution in [3.8, 4) is 0 Å². The molecule has 0 saturated carbocycles. The molecule has 0 aromatic carbocycles. The highest BCUT2D eigenvalue weighted by atomic mass is 32.2. The second kappa shape index (κ2) is 6.99. The largest absolute Gasteiger partial charge is 0.426 e. The van der Waals surface area contributed by atoms with Gasteiger partial charge in [0.05, 0.1) is 0 Å². The summed E-state index contributed by atoms with van der Waals surface area (Å²) in [7, 11) is -5.87. The van der Waals surface area contributed by atoms with Crippen LogP contribution in [0.2, 0.25) is 0 Å². The fourth-order valence-electron chi connectivity index (χ4n) is 3.19. The maximum absolute atomic E-state index is 13.6. The van der Waals surface area contributed by atoms with Crippen molar-refractivity contribution in [2.75, 3.05) is 26.2 Å². The van der Waals surface area contributed by atoms with Gasteiger partial charge >= 0.3 is 17.6 Å². The van der Waals surface area contributed by atoms with Crippen molar-refractivity contribution >= 4 is 10.0 Å². The number of sulfonamides is 1. The molecular formula is C13H20F6N2O2S. The zero-order valence-corrected chi connectivity index (χ0v) is 13.7. The van der Waals surface area contributed by atoms with E-state index in [4.69, 9.17) is 0 Å². The SMILES string of the molecule is O=S(=O)(N1CCC(N2CCCCC2)CC1)C(F)(F)C(F)(F)C(F)F. The maximum Gasteiger partial charge on any atom is 0.426 e. The third-order valence-corrected chi connectivity index (χ3v) is 6.62. The predicted molar refractivity (Wildman–Crippen MR) is 74.8 cm³/mol. The Labute approximate surface area is 136 Å². The van der Waals surface area contributed by atoms with Gasteiger partial charge in [-0.05, 0) is 38.8 Å². The molecule has 2 fully saturated rings. The Morgan fingerprint density at radius 2 is 1.38 bits per heavy atom. The summed E-state index contributed by atoms with van der Waals surface area (Å²) in [5, 5.41) is -5.84. The van der Waals surface area contributed by atoms with Crippen LogP contribution in [0.3, 0.4) is 0 Å². The quantitative estimate of drug-likeness (QED) is 0.687. The van der Waals surface area contributed by atoms with Crippen molar-refractivity contribution < 1.29 is 34.8 Å². The molecule has 0 radical (unpaired) electrons. The van der Waals surface area contributed by atoms with Gasteiger partial charge in [-0.25, -0.2) is 17.2 Å². The molecule has 0 aromatic heterocycles. The maximum atomic E-state index is 13.6. The number of hydrogen-bond acceptors (Lipinski definition) is 3. The first kappa shape index (κ1) is 19.8. The van der Waals surface area contributed by atoms with Gasteiger partial charge in [0.25, 0.3) is 10.0 Å². The smallest absolute Gasteiger partial charge is 0.300 e. The molecule has 24 heavy (non-hydrogen) atoms. The molecule has 0 spiro atoms. The van der Waals surface area contributed by atoms with E-state index in [-0.39, 0.29) is 36.3 Å². The van der Waals surface area contributed by atoms with Crippen molar-refractivity contribution in [3.05, 3.63) is 0 Å². The van der Waals surface area contributed by atoms with Crippen molar-refractivity contribution in [1.82, 2.24) is 9.21 Å². The van der Waals surface area contributed by atoms with Gasteiger partial charge in [-0.15, -0.1) is 0 Å². The van der Waals surface area contributed by atoms with Crippen LogP contribution in [0.5, 0.6) is 0 Å². The normalized spacial score (nSPS) is 23.8. The van der Waals surface area contributed by atoms with E-state index in [0.29, 0.717) is 0 Å². The Kier molecular flexibility index (Phi) is 5.76. The summed E-state index contributed by atoms with van der Waals surface area (Å²) >= 11 is 0. The van der Waals surface area contributed by atoms with Gasteiger partial charge in [-0.1, -0.05) is 6.42 Å². The Morgan fingerprint density at radius 1 is 0.875 bits per heavy atom. The first-order valence-corrected chi connectivity index (χ1v) is 9.23. The number of alkyl halides is 6. The van der Waals surface area contributed by atoms with E-state index in [1.807, 2.05) is 0 Å². The summed E-state index contributed by atoms with van der Waals surface area (Å²) in [6.07, 6.45) is -1.24. The van der Waals surface area contributed by atoms with Gasteiger partial charge in [0.2, 0.25) is 0 Å². The first-order valence-electron chi connectivity index (χ1n) is 7.79. The van der Waals surface area contributed by atoms with Gasteiger partial charge < -0.3 is 4.90 Å². The standard InChI is InChI=1S/C13H20F6N2O2S/c14-11(15)12(16,17)13(18,19)24(22,23)21-8-4-10(5-9-21)20-6-2-1-3-7-20/h10-11H,1-9H2. The monoisotopic (exact) mass is 382 g/mol. The van der Waals surface area contributed by atoms with Gasteiger partial charge in [0.1, 0.15) is 0 Å². The molecule has 0 amide bonds. The van der Waals surface area contributed by atoms with Crippen LogP contribution in [0.25, 0.3) is 0 Å². The molecule has 2 saturated heterocycles. The van der Waals surface area contributed by atoms with Crippen LogP contribution in [0.15, 0.2) is 0 Å². The number of hydrogen-bond donors (Lipinski definition) is 0. The minimum Gasteiger partial charge on any atom is -0.300 e. The zero-order chi connectivity index (χ0) is 18.2. The van der Waals surface area contributed by atoms with Crippen molar-refractivity contribution in [3.63, 3.8) is 0 Å². The molecule has 142 valence electrons. The molecule has 0 atom stereocenters. The van der Waals surface area contributed by atoms with Crippen molar-refractivity contribution in [2.45, 2.75) is 55.7 Å². The van der Waals surface area contributed by atoms with Gasteiger partial charge in [-0.2, -0.15) is 21.9 Å². The van der Waals surface area contributed by atoms with Crippen LogP contribution in [0.1, 0.15) is 32.1 Å². The number of piperidine rings is 2. The Hall–Kier alpha value is -0.550. The Bertz CT molecular complexity index is 529. The van der Waals surface area contributed by atoms with E-state index in [9.17, 15) is 34.8 Å². The number of halogens is 6. The topological polar surface area (TPSA) is 40.6 Å². The molecule has 0 N–H and O–H groups in total. The van der Waals surface area contributed by atoms with Gasteiger partial charge in [0.15, 0.2) is 0 Å². The minimum atomic E-state index is -5.93.